The van der Waals surface area contributed by atoms with Gasteiger partial charge in [0.25, 0.3) is 5.91 Å². The monoisotopic (exact) mass is 486 g/mol. The minimum Gasteiger partial charge on any atom is -1.00 e. The second kappa shape index (κ2) is 9.47. The van der Waals surface area contributed by atoms with E-state index < -0.39 is 0 Å². The highest BCUT2D eigenvalue weighted by Gasteiger charge is 2.23. The van der Waals surface area contributed by atoms with Crippen LogP contribution in [0.2, 0.25) is 0 Å². The molecule has 8 heteroatoms. The SMILES string of the molecule is Cc1cc(C)c2sc(N(CCCN(C)C)C(=O)c3ccc(Br)s3)nc2c1.[Cl-]. The molecule has 0 saturated heterocycles. The van der Waals surface area contributed by atoms with Crippen LogP contribution >= 0.6 is 38.6 Å². The highest BCUT2D eigenvalue weighted by Crippen LogP contribution is 2.34. The Morgan fingerprint density at radius 3 is 2.52 bits per heavy atom. The zero-order chi connectivity index (χ0) is 18.8. The number of thiophene rings is 1. The van der Waals surface area contributed by atoms with E-state index in [1.807, 2.05) is 31.1 Å². The van der Waals surface area contributed by atoms with Gasteiger partial charge in [-0.05, 0) is 86.2 Å². The Labute approximate surface area is 182 Å². The van der Waals surface area contributed by atoms with E-state index in [9.17, 15) is 4.79 Å². The number of thiazole rings is 1. The van der Waals surface area contributed by atoms with Crippen molar-refractivity contribution in [3.05, 3.63) is 44.1 Å². The first-order chi connectivity index (χ1) is 12.3. The van der Waals surface area contributed by atoms with Crippen molar-refractivity contribution in [2.24, 2.45) is 0 Å². The number of hydrogen-bond acceptors (Lipinski definition) is 5. The number of benzene rings is 1. The molecular formula is C19H22BrClN3OS2-. The van der Waals surface area contributed by atoms with Crippen molar-refractivity contribution in [2.45, 2.75) is 20.3 Å². The van der Waals surface area contributed by atoms with Crippen molar-refractivity contribution < 1.29 is 17.2 Å². The van der Waals surface area contributed by atoms with Gasteiger partial charge < -0.3 is 17.3 Å². The Balaban J connectivity index is 0.00000261. The molecule has 0 spiro atoms. The summed E-state index contributed by atoms with van der Waals surface area (Å²) in [5.74, 6) is 0.0212. The van der Waals surface area contributed by atoms with Gasteiger partial charge in [-0.3, -0.25) is 9.69 Å². The largest absolute Gasteiger partial charge is 1.00 e. The number of hydrogen-bond donors (Lipinski definition) is 0. The van der Waals surface area contributed by atoms with Crippen LogP contribution in [0, 0.1) is 13.8 Å². The Bertz CT molecular complexity index is 938. The molecular weight excluding hydrogens is 466 g/mol. The summed E-state index contributed by atoms with van der Waals surface area (Å²) < 4.78 is 2.12. The fourth-order valence-corrected chi connectivity index (χ4v) is 5.25. The van der Waals surface area contributed by atoms with Crippen molar-refractivity contribution in [3.63, 3.8) is 0 Å². The zero-order valence-electron chi connectivity index (χ0n) is 15.8. The van der Waals surface area contributed by atoms with Gasteiger partial charge in [-0.1, -0.05) is 17.4 Å². The highest BCUT2D eigenvalue weighted by atomic mass is 79.9. The van der Waals surface area contributed by atoms with Crippen molar-refractivity contribution >= 4 is 59.9 Å². The average Bonchev–Trinajstić information content (AvgIpc) is 3.17. The quantitative estimate of drug-likeness (QED) is 0.535. The van der Waals surface area contributed by atoms with E-state index in [1.54, 1.807) is 11.3 Å². The fourth-order valence-electron chi connectivity index (χ4n) is 2.87. The van der Waals surface area contributed by atoms with Crippen LogP contribution < -0.4 is 17.3 Å². The molecule has 0 fully saturated rings. The standard InChI is InChI=1S/C19H22BrN3OS2.ClH/c1-12-10-13(2)17-14(11-12)21-19(26-17)23(9-5-8-22(3)4)18(24)15-6-7-16(20)25-15;/h6-7,10-11H,5,8-9H2,1-4H3;1H/p-1. The van der Waals surface area contributed by atoms with Gasteiger partial charge in [-0.15, -0.1) is 11.3 Å². The molecule has 4 nitrogen and oxygen atoms in total. The predicted molar refractivity (Wildman–Crippen MR) is 116 cm³/mol. The van der Waals surface area contributed by atoms with Gasteiger partial charge in [-0.25, -0.2) is 4.98 Å². The molecule has 0 saturated carbocycles. The Morgan fingerprint density at radius 2 is 1.89 bits per heavy atom. The number of nitrogens with zero attached hydrogens (tertiary/aromatic N) is 3. The average molecular weight is 488 g/mol. The Kier molecular flexibility index (Phi) is 7.83. The van der Waals surface area contributed by atoms with E-state index in [1.165, 1.54) is 22.5 Å². The lowest BCUT2D eigenvalue weighted by Gasteiger charge is -2.20. The maximum absolute atomic E-state index is 13.1. The van der Waals surface area contributed by atoms with Gasteiger partial charge >= 0.3 is 0 Å². The molecule has 0 aliphatic carbocycles. The number of carbonyl (C=O) groups excluding carboxylic acids is 1. The van der Waals surface area contributed by atoms with E-state index in [0.29, 0.717) is 6.54 Å². The normalized spacial score (nSPS) is 11.0. The molecule has 1 amide bonds. The van der Waals surface area contributed by atoms with E-state index in [-0.39, 0.29) is 18.3 Å². The lowest BCUT2D eigenvalue weighted by molar-refractivity contribution is -0.0000130. The first-order valence-electron chi connectivity index (χ1n) is 8.45. The Hall–Kier alpha value is -0.990. The summed E-state index contributed by atoms with van der Waals surface area (Å²) in [4.78, 5) is 22.6. The maximum atomic E-state index is 13.1. The summed E-state index contributed by atoms with van der Waals surface area (Å²) in [6.07, 6.45) is 0.902. The number of anilines is 1. The van der Waals surface area contributed by atoms with Crippen LogP contribution in [0.3, 0.4) is 0 Å². The summed E-state index contributed by atoms with van der Waals surface area (Å²) in [5.41, 5.74) is 3.38. The molecule has 0 N–H and O–H groups in total. The molecule has 3 aromatic rings. The zero-order valence-corrected chi connectivity index (χ0v) is 19.7. The molecule has 0 aliphatic rings. The number of fused-ring (bicyclic) bond motifs is 1. The summed E-state index contributed by atoms with van der Waals surface area (Å²) in [5, 5.41) is 0.780. The summed E-state index contributed by atoms with van der Waals surface area (Å²) in [6, 6.07) is 8.05. The highest BCUT2D eigenvalue weighted by molar-refractivity contribution is 9.11. The third-order valence-corrected chi connectivity index (χ3v) is 6.90. The molecule has 0 aliphatic heterocycles. The van der Waals surface area contributed by atoms with Gasteiger partial charge in [0.05, 0.1) is 18.9 Å². The topological polar surface area (TPSA) is 36.4 Å². The van der Waals surface area contributed by atoms with E-state index in [2.05, 4.69) is 46.8 Å². The van der Waals surface area contributed by atoms with Crippen LogP contribution in [0.4, 0.5) is 5.13 Å². The van der Waals surface area contributed by atoms with Gasteiger partial charge in [0.15, 0.2) is 5.13 Å². The number of halogens is 2. The predicted octanol–water partition coefficient (Wildman–Crippen LogP) is 2.34. The van der Waals surface area contributed by atoms with Crippen molar-refractivity contribution in [3.8, 4) is 0 Å². The lowest BCUT2D eigenvalue weighted by Crippen LogP contribution is -3.00. The van der Waals surface area contributed by atoms with Crippen LogP contribution in [-0.2, 0) is 0 Å². The van der Waals surface area contributed by atoms with Crippen molar-refractivity contribution in [2.75, 3.05) is 32.1 Å². The molecule has 27 heavy (non-hydrogen) atoms. The van der Waals surface area contributed by atoms with Crippen LogP contribution in [-0.4, -0.2) is 43.0 Å². The number of aromatic nitrogens is 1. The first-order valence-corrected chi connectivity index (χ1v) is 10.9. The summed E-state index contributed by atoms with van der Waals surface area (Å²) >= 11 is 6.52. The second-order valence-corrected chi connectivity index (χ2v) is 10.1. The van der Waals surface area contributed by atoms with Crippen LogP contribution in [0.1, 0.15) is 27.2 Å². The molecule has 2 heterocycles. The first kappa shape index (κ1) is 22.3. The van der Waals surface area contributed by atoms with Gasteiger partial charge in [0.2, 0.25) is 0 Å². The second-order valence-electron chi connectivity index (χ2n) is 6.64. The maximum Gasteiger partial charge on any atom is 0.270 e. The van der Waals surface area contributed by atoms with Crippen LogP contribution in [0.25, 0.3) is 10.2 Å². The molecule has 0 unspecified atom stereocenters. The third kappa shape index (κ3) is 5.29. The van der Waals surface area contributed by atoms with Crippen LogP contribution in [0.15, 0.2) is 28.1 Å². The minimum atomic E-state index is 0. The lowest BCUT2D eigenvalue weighted by atomic mass is 10.1. The van der Waals surface area contributed by atoms with E-state index in [0.717, 1.165) is 37.0 Å². The molecule has 0 atom stereocenters. The number of carbonyl (C=O) groups is 1. The van der Waals surface area contributed by atoms with Gasteiger partial charge in [-0.2, -0.15) is 0 Å². The molecule has 0 radical (unpaired) electrons. The molecule has 1 aromatic carbocycles. The van der Waals surface area contributed by atoms with Crippen molar-refractivity contribution in [1.82, 2.24) is 9.88 Å². The smallest absolute Gasteiger partial charge is 0.270 e. The van der Waals surface area contributed by atoms with Crippen molar-refractivity contribution in [1.29, 1.82) is 0 Å². The Morgan fingerprint density at radius 1 is 1.15 bits per heavy atom. The fraction of sp³-hybridized carbons (Fsp3) is 0.368. The molecule has 3 rings (SSSR count). The number of rotatable bonds is 6. The van der Waals surface area contributed by atoms with E-state index in [4.69, 9.17) is 4.98 Å². The molecule has 146 valence electrons. The molecule has 2 aromatic heterocycles. The minimum absolute atomic E-state index is 0. The van der Waals surface area contributed by atoms with Crippen LogP contribution in [0.5, 0.6) is 0 Å². The third-order valence-electron chi connectivity index (χ3n) is 4.06. The van der Waals surface area contributed by atoms with Gasteiger partial charge in [0.1, 0.15) is 0 Å². The number of aryl methyl sites for hydroxylation is 2. The summed E-state index contributed by atoms with van der Waals surface area (Å²) in [7, 11) is 4.10. The van der Waals surface area contributed by atoms with E-state index >= 15 is 0 Å². The number of amides is 1. The van der Waals surface area contributed by atoms with Gasteiger partial charge in [0, 0.05) is 6.54 Å². The summed E-state index contributed by atoms with van der Waals surface area (Å²) in [6.45, 7) is 5.77. The molecule has 0 bridgehead atoms.